The van der Waals surface area contributed by atoms with Crippen molar-refractivity contribution in [1.29, 1.82) is 0 Å². The number of anilines is 1. The molecule has 0 radical (unpaired) electrons. The molecule has 1 aromatic carbocycles. The average molecular weight is 240 g/mol. The van der Waals surface area contributed by atoms with Crippen molar-refractivity contribution < 1.29 is 13.6 Å². The van der Waals surface area contributed by atoms with Crippen LogP contribution in [0.1, 0.15) is 19.3 Å². The van der Waals surface area contributed by atoms with Gasteiger partial charge in [-0.1, -0.05) is 6.07 Å². The molecule has 1 amide bonds. The van der Waals surface area contributed by atoms with Gasteiger partial charge in [-0.25, -0.2) is 8.78 Å². The Bertz CT molecular complexity index is 437. The molecule has 0 saturated heterocycles. The second-order valence-electron chi connectivity index (χ2n) is 4.36. The molecule has 0 bridgehead atoms. The number of halogens is 2. The molecule has 17 heavy (non-hydrogen) atoms. The highest BCUT2D eigenvalue weighted by Gasteiger charge is 2.28. The SMILES string of the molecule is NC1CCC(C(=O)Nc2cccc(F)c2F)C1. The van der Waals surface area contributed by atoms with Gasteiger partial charge in [-0.2, -0.15) is 0 Å². The van der Waals surface area contributed by atoms with Crippen molar-refractivity contribution in [2.75, 3.05) is 5.32 Å². The van der Waals surface area contributed by atoms with Crippen LogP contribution in [0.15, 0.2) is 18.2 Å². The fourth-order valence-electron chi connectivity index (χ4n) is 2.09. The molecule has 0 aromatic heterocycles. The van der Waals surface area contributed by atoms with Crippen LogP contribution in [0.5, 0.6) is 0 Å². The second kappa shape index (κ2) is 4.79. The minimum atomic E-state index is -1.02. The van der Waals surface area contributed by atoms with Crippen LogP contribution >= 0.6 is 0 Å². The predicted octanol–water partition coefficient (Wildman–Crippen LogP) is 2.03. The maximum absolute atomic E-state index is 13.3. The van der Waals surface area contributed by atoms with Crippen molar-refractivity contribution >= 4 is 11.6 Å². The number of carbonyl (C=O) groups is 1. The van der Waals surface area contributed by atoms with E-state index in [1.165, 1.54) is 12.1 Å². The summed E-state index contributed by atoms with van der Waals surface area (Å²) in [6.07, 6.45) is 2.09. The Kier molecular flexibility index (Phi) is 3.38. The van der Waals surface area contributed by atoms with Gasteiger partial charge < -0.3 is 11.1 Å². The summed E-state index contributed by atoms with van der Waals surface area (Å²) in [5.74, 6) is -2.48. The maximum Gasteiger partial charge on any atom is 0.227 e. The molecule has 3 nitrogen and oxygen atoms in total. The first kappa shape index (κ1) is 12.0. The number of carbonyl (C=O) groups excluding carboxylic acids is 1. The Balaban J connectivity index is 2.06. The van der Waals surface area contributed by atoms with E-state index in [9.17, 15) is 13.6 Å². The van der Waals surface area contributed by atoms with Crippen LogP contribution in [0.2, 0.25) is 0 Å². The van der Waals surface area contributed by atoms with E-state index >= 15 is 0 Å². The molecule has 0 aliphatic heterocycles. The van der Waals surface area contributed by atoms with Crippen molar-refractivity contribution in [3.8, 4) is 0 Å². The molecule has 1 aromatic rings. The van der Waals surface area contributed by atoms with Crippen LogP contribution in [0.4, 0.5) is 14.5 Å². The summed E-state index contributed by atoms with van der Waals surface area (Å²) in [5, 5.41) is 2.40. The average Bonchev–Trinajstić information content (AvgIpc) is 2.72. The summed E-state index contributed by atoms with van der Waals surface area (Å²) in [5.41, 5.74) is 5.58. The lowest BCUT2D eigenvalue weighted by atomic mass is 10.1. The van der Waals surface area contributed by atoms with Crippen LogP contribution < -0.4 is 11.1 Å². The molecule has 0 spiro atoms. The van der Waals surface area contributed by atoms with E-state index in [0.717, 1.165) is 12.5 Å². The Morgan fingerprint density at radius 2 is 2.12 bits per heavy atom. The number of hydrogen-bond acceptors (Lipinski definition) is 2. The Morgan fingerprint density at radius 1 is 1.35 bits per heavy atom. The van der Waals surface area contributed by atoms with Gasteiger partial charge in [0, 0.05) is 12.0 Å². The van der Waals surface area contributed by atoms with E-state index in [1.807, 2.05) is 0 Å². The quantitative estimate of drug-likeness (QED) is 0.831. The molecule has 1 aliphatic carbocycles. The van der Waals surface area contributed by atoms with Crippen molar-refractivity contribution in [2.45, 2.75) is 25.3 Å². The molecule has 92 valence electrons. The third-order valence-corrected chi connectivity index (χ3v) is 3.05. The first-order chi connectivity index (χ1) is 8.08. The number of nitrogens with two attached hydrogens (primary N) is 1. The van der Waals surface area contributed by atoms with Gasteiger partial charge >= 0.3 is 0 Å². The zero-order chi connectivity index (χ0) is 12.4. The lowest BCUT2D eigenvalue weighted by Crippen LogP contribution is -2.23. The molecule has 2 atom stereocenters. The third-order valence-electron chi connectivity index (χ3n) is 3.05. The minimum Gasteiger partial charge on any atom is -0.328 e. The van der Waals surface area contributed by atoms with E-state index in [1.54, 1.807) is 0 Å². The molecule has 3 N–H and O–H groups in total. The summed E-state index contributed by atoms with van der Waals surface area (Å²) < 4.78 is 26.2. The van der Waals surface area contributed by atoms with Crippen LogP contribution in [-0.4, -0.2) is 11.9 Å². The normalized spacial score (nSPS) is 23.7. The molecule has 1 aliphatic rings. The highest BCUT2D eigenvalue weighted by molar-refractivity contribution is 5.92. The second-order valence-corrected chi connectivity index (χ2v) is 4.36. The van der Waals surface area contributed by atoms with E-state index < -0.39 is 11.6 Å². The van der Waals surface area contributed by atoms with E-state index in [4.69, 9.17) is 5.73 Å². The fourth-order valence-corrected chi connectivity index (χ4v) is 2.09. The van der Waals surface area contributed by atoms with E-state index in [-0.39, 0.29) is 23.6 Å². The Morgan fingerprint density at radius 3 is 2.76 bits per heavy atom. The van der Waals surface area contributed by atoms with Gasteiger partial charge in [-0.15, -0.1) is 0 Å². The van der Waals surface area contributed by atoms with E-state index in [0.29, 0.717) is 12.8 Å². The van der Waals surface area contributed by atoms with Crippen LogP contribution in [0.25, 0.3) is 0 Å². The molecule has 2 rings (SSSR count). The summed E-state index contributed by atoms with van der Waals surface area (Å²) >= 11 is 0. The summed E-state index contributed by atoms with van der Waals surface area (Å²) in [4.78, 5) is 11.8. The largest absolute Gasteiger partial charge is 0.328 e. The van der Waals surface area contributed by atoms with Gasteiger partial charge in [0.1, 0.15) is 0 Å². The summed E-state index contributed by atoms with van der Waals surface area (Å²) in [7, 11) is 0. The zero-order valence-corrected chi connectivity index (χ0v) is 9.25. The molecule has 1 saturated carbocycles. The van der Waals surface area contributed by atoms with Gasteiger partial charge in [0.2, 0.25) is 5.91 Å². The summed E-state index contributed by atoms with van der Waals surface area (Å²) in [6.45, 7) is 0. The van der Waals surface area contributed by atoms with Gasteiger partial charge in [0.05, 0.1) is 5.69 Å². The fraction of sp³-hybridized carbons (Fsp3) is 0.417. The van der Waals surface area contributed by atoms with Crippen molar-refractivity contribution in [1.82, 2.24) is 0 Å². The van der Waals surface area contributed by atoms with Gasteiger partial charge in [0.25, 0.3) is 0 Å². The van der Waals surface area contributed by atoms with Crippen molar-refractivity contribution in [3.63, 3.8) is 0 Å². The molecular formula is C12H14F2N2O. The van der Waals surface area contributed by atoms with Gasteiger partial charge in [-0.3, -0.25) is 4.79 Å². The third kappa shape index (κ3) is 2.61. The topological polar surface area (TPSA) is 55.1 Å². The zero-order valence-electron chi connectivity index (χ0n) is 9.25. The smallest absolute Gasteiger partial charge is 0.227 e. The van der Waals surface area contributed by atoms with Gasteiger partial charge in [0.15, 0.2) is 11.6 Å². The number of hydrogen-bond donors (Lipinski definition) is 2. The van der Waals surface area contributed by atoms with Crippen molar-refractivity contribution in [3.05, 3.63) is 29.8 Å². The highest BCUT2D eigenvalue weighted by atomic mass is 19.2. The number of rotatable bonds is 2. The van der Waals surface area contributed by atoms with Crippen molar-refractivity contribution in [2.24, 2.45) is 11.7 Å². The minimum absolute atomic E-state index is 0.0307. The number of amides is 1. The monoisotopic (exact) mass is 240 g/mol. The maximum atomic E-state index is 13.3. The van der Waals surface area contributed by atoms with Gasteiger partial charge in [-0.05, 0) is 31.4 Å². The Labute approximate surface area is 98.0 Å². The predicted molar refractivity (Wildman–Crippen MR) is 60.3 cm³/mol. The molecular weight excluding hydrogens is 226 g/mol. The molecule has 5 heteroatoms. The lowest BCUT2D eigenvalue weighted by Gasteiger charge is -2.11. The first-order valence-corrected chi connectivity index (χ1v) is 5.58. The number of nitrogens with one attached hydrogen (secondary N) is 1. The van der Waals surface area contributed by atoms with Crippen LogP contribution in [0.3, 0.4) is 0 Å². The Hall–Kier alpha value is -1.49. The molecule has 2 unspecified atom stereocenters. The molecule has 1 fully saturated rings. The van der Waals surface area contributed by atoms with E-state index in [2.05, 4.69) is 5.32 Å². The van der Waals surface area contributed by atoms with Crippen LogP contribution in [0, 0.1) is 17.6 Å². The highest BCUT2D eigenvalue weighted by Crippen LogP contribution is 2.26. The van der Waals surface area contributed by atoms with Crippen LogP contribution in [-0.2, 0) is 4.79 Å². The lowest BCUT2D eigenvalue weighted by molar-refractivity contribution is -0.119. The standard InChI is InChI=1S/C12H14F2N2O/c13-9-2-1-3-10(11(9)14)16-12(17)7-4-5-8(15)6-7/h1-3,7-8H,4-6,15H2,(H,16,17). The number of benzene rings is 1. The summed E-state index contributed by atoms with van der Waals surface area (Å²) in [6, 6.07) is 3.74. The first-order valence-electron chi connectivity index (χ1n) is 5.58. The molecule has 0 heterocycles.